The lowest BCUT2D eigenvalue weighted by molar-refractivity contribution is 1.08. The van der Waals surface area contributed by atoms with Crippen LogP contribution in [-0.4, -0.2) is 24.9 Å². The number of fused-ring (bicyclic) bond motifs is 1. The summed E-state index contributed by atoms with van der Waals surface area (Å²) in [6.45, 7) is 0. The second-order valence-corrected chi connectivity index (χ2v) is 14.1. The molecule has 0 aliphatic heterocycles. The van der Waals surface area contributed by atoms with Crippen LogP contribution in [-0.2, 0) is 0 Å². The third-order valence-electron chi connectivity index (χ3n) is 10.4. The van der Waals surface area contributed by atoms with Gasteiger partial charge in [-0.25, -0.2) is 24.9 Å². The molecule has 0 fully saturated rings. The molecule has 0 N–H and O–H groups in total. The van der Waals surface area contributed by atoms with E-state index in [0.29, 0.717) is 23.3 Å². The van der Waals surface area contributed by atoms with Gasteiger partial charge in [0.15, 0.2) is 23.3 Å². The fraction of sp³-hybridized carbons (Fsp3) is 0. The molecule has 2 aromatic heterocycles. The van der Waals surface area contributed by atoms with E-state index in [1.54, 1.807) is 0 Å². The molecule has 8 aromatic carbocycles. The summed E-state index contributed by atoms with van der Waals surface area (Å²) in [6, 6.07) is 72.9. The molecule has 0 spiro atoms. The number of hydrogen-bond acceptors (Lipinski definition) is 5. The zero-order valence-electron chi connectivity index (χ0n) is 31.4. The Labute approximate surface area is 337 Å². The number of hydrogen-bond donors (Lipinski definition) is 0. The van der Waals surface area contributed by atoms with Crippen LogP contribution in [0.4, 0.5) is 0 Å². The monoisotopic (exact) mass is 741 g/mol. The Morgan fingerprint density at radius 3 is 1.29 bits per heavy atom. The smallest absolute Gasteiger partial charge is 0.165 e. The molecule has 0 aliphatic carbocycles. The number of aromatic nitrogens is 5. The highest BCUT2D eigenvalue weighted by atomic mass is 15.0. The number of rotatable bonds is 8. The van der Waals surface area contributed by atoms with Crippen LogP contribution in [0.1, 0.15) is 0 Å². The Morgan fingerprint density at radius 2 is 0.690 bits per heavy atom. The summed E-state index contributed by atoms with van der Waals surface area (Å²) >= 11 is 0. The predicted octanol–water partition coefficient (Wildman–Crippen LogP) is 13.2. The normalized spacial score (nSPS) is 11.1. The molecule has 0 unspecified atom stereocenters. The zero-order valence-corrected chi connectivity index (χ0v) is 31.4. The lowest BCUT2D eigenvalue weighted by Gasteiger charge is -2.15. The van der Waals surface area contributed by atoms with Crippen molar-refractivity contribution in [2.24, 2.45) is 0 Å². The summed E-state index contributed by atoms with van der Waals surface area (Å²) in [6.07, 6.45) is 0. The maximum atomic E-state index is 5.16. The molecular weight excluding hydrogens is 707 g/mol. The minimum Gasteiger partial charge on any atom is -0.228 e. The molecule has 0 bridgehead atoms. The van der Waals surface area contributed by atoms with Crippen LogP contribution in [0.15, 0.2) is 212 Å². The average Bonchev–Trinajstić information content (AvgIpc) is 3.32. The quantitative estimate of drug-likeness (QED) is 0.155. The van der Waals surface area contributed by atoms with E-state index in [4.69, 9.17) is 24.9 Å². The highest BCUT2D eigenvalue weighted by Gasteiger charge is 2.19. The van der Waals surface area contributed by atoms with E-state index in [9.17, 15) is 0 Å². The summed E-state index contributed by atoms with van der Waals surface area (Å²) in [5.41, 5.74) is 12.0. The van der Waals surface area contributed by atoms with Crippen LogP contribution in [0.3, 0.4) is 0 Å². The molecule has 0 atom stereocenters. The molecular formula is C53H35N5. The standard InChI is InChI=1S/C53H35N5/c1-5-17-39(18-6-1)47-35-48(55-50(54-47)40-19-7-2-8-20-40)44-26-15-25-43(34-44)36-28-30-38(31-29-36)46-33-32-37-16-13-14-27-45(37)49(46)53-57-51(41-21-9-3-10-22-41)56-52(58-53)42-23-11-4-12-24-42/h1-35H. The minimum atomic E-state index is 0.630. The van der Waals surface area contributed by atoms with Crippen LogP contribution in [0.25, 0.3) is 101 Å². The van der Waals surface area contributed by atoms with Gasteiger partial charge in [-0.3, -0.25) is 0 Å². The fourth-order valence-electron chi connectivity index (χ4n) is 7.44. The third kappa shape index (κ3) is 6.93. The van der Waals surface area contributed by atoms with Crippen LogP contribution < -0.4 is 0 Å². The Bertz CT molecular complexity index is 2910. The van der Waals surface area contributed by atoms with Crippen molar-refractivity contribution in [3.05, 3.63) is 212 Å². The SMILES string of the molecule is c1ccc(-c2cc(-c3cccc(-c4ccc(-c5ccc6ccccc6c5-c5nc(-c6ccccc6)nc(-c6ccccc6)n5)cc4)c3)nc(-c3ccccc3)n2)cc1. The van der Waals surface area contributed by atoms with Crippen LogP contribution in [0.2, 0.25) is 0 Å². The van der Waals surface area contributed by atoms with Crippen molar-refractivity contribution >= 4 is 10.8 Å². The van der Waals surface area contributed by atoms with E-state index in [0.717, 1.165) is 77.8 Å². The maximum Gasteiger partial charge on any atom is 0.165 e. The van der Waals surface area contributed by atoms with E-state index in [1.807, 2.05) is 97.1 Å². The van der Waals surface area contributed by atoms with Gasteiger partial charge in [-0.1, -0.05) is 200 Å². The van der Waals surface area contributed by atoms with E-state index >= 15 is 0 Å². The fourth-order valence-corrected chi connectivity index (χ4v) is 7.44. The molecule has 5 nitrogen and oxygen atoms in total. The summed E-state index contributed by atoms with van der Waals surface area (Å²) in [5.74, 6) is 2.59. The van der Waals surface area contributed by atoms with Gasteiger partial charge >= 0.3 is 0 Å². The van der Waals surface area contributed by atoms with Gasteiger partial charge in [0.05, 0.1) is 11.4 Å². The molecule has 10 aromatic rings. The summed E-state index contributed by atoms with van der Waals surface area (Å²) < 4.78 is 0. The van der Waals surface area contributed by atoms with Crippen LogP contribution in [0, 0.1) is 0 Å². The summed E-state index contributed by atoms with van der Waals surface area (Å²) in [5, 5.41) is 2.20. The predicted molar refractivity (Wildman–Crippen MR) is 236 cm³/mol. The van der Waals surface area contributed by atoms with Gasteiger partial charge in [0, 0.05) is 33.4 Å². The molecule has 2 heterocycles. The van der Waals surface area contributed by atoms with E-state index in [-0.39, 0.29) is 0 Å². The van der Waals surface area contributed by atoms with Gasteiger partial charge in [-0.2, -0.15) is 0 Å². The van der Waals surface area contributed by atoms with Gasteiger partial charge in [0.25, 0.3) is 0 Å². The minimum absolute atomic E-state index is 0.630. The highest BCUT2D eigenvalue weighted by Crippen LogP contribution is 2.39. The number of nitrogens with zero attached hydrogens (tertiary/aromatic N) is 5. The van der Waals surface area contributed by atoms with Crippen molar-refractivity contribution in [2.75, 3.05) is 0 Å². The van der Waals surface area contributed by atoms with Crippen LogP contribution in [0.5, 0.6) is 0 Å². The molecule has 58 heavy (non-hydrogen) atoms. The first-order chi connectivity index (χ1) is 28.7. The lowest BCUT2D eigenvalue weighted by atomic mass is 9.92. The second-order valence-electron chi connectivity index (χ2n) is 14.1. The van der Waals surface area contributed by atoms with Gasteiger partial charge in [0.2, 0.25) is 0 Å². The Hall–Kier alpha value is -7.89. The van der Waals surface area contributed by atoms with Crippen molar-refractivity contribution in [1.82, 2.24) is 24.9 Å². The molecule has 0 aliphatic rings. The Balaban J connectivity index is 1.06. The molecule has 0 radical (unpaired) electrons. The van der Waals surface area contributed by atoms with Gasteiger partial charge < -0.3 is 0 Å². The first-order valence-electron chi connectivity index (χ1n) is 19.3. The molecule has 272 valence electrons. The third-order valence-corrected chi connectivity index (χ3v) is 10.4. The largest absolute Gasteiger partial charge is 0.228 e. The second kappa shape index (κ2) is 15.3. The topological polar surface area (TPSA) is 64.5 Å². The van der Waals surface area contributed by atoms with Crippen molar-refractivity contribution in [3.63, 3.8) is 0 Å². The maximum absolute atomic E-state index is 5.16. The summed E-state index contributed by atoms with van der Waals surface area (Å²) in [4.78, 5) is 25.3. The van der Waals surface area contributed by atoms with Crippen LogP contribution >= 0.6 is 0 Å². The highest BCUT2D eigenvalue weighted by molar-refractivity contribution is 6.03. The van der Waals surface area contributed by atoms with Gasteiger partial charge in [0.1, 0.15) is 0 Å². The van der Waals surface area contributed by atoms with E-state index in [2.05, 4.69) is 115 Å². The van der Waals surface area contributed by atoms with Crippen molar-refractivity contribution in [2.45, 2.75) is 0 Å². The number of benzene rings is 8. The lowest BCUT2D eigenvalue weighted by Crippen LogP contribution is -2.01. The van der Waals surface area contributed by atoms with Crippen molar-refractivity contribution in [1.29, 1.82) is 0 Å². The van der Waals surface area contributed by atoms with Gasteiger partial charge in [-0.05, 0) is 45.2 Å². The Morgan fingerprint density at radius 1 is 0.241 bits per heavy atom. The zero-order chi connectivity index (χ0) is 38.7. The molecule has 0 amide bonds. The molecule has 0 saturated heterocycles. The summed E-state index contributed by atoms with van der Waals surface area (Å²) in [7, 11) is 0. The molecule has 5 heteroatoms. The van der Waals surface area contributed by atoms with E-state index in [1.165, 1.54) is 0 Å². The molecule has 0 saturated carbocycles. The first-order valence-corrected chi connectivity index (χ1v) is 19.3. The van der Waals surface area contributed by atoms with E-state index < -0.39 is 0 Å². The van der Waals surface area contributed by atoms with Crippen molar-refractivity contribution in [3.8, 4) is 90.3 Å². The molecule has 10 rings (SSSR count). The first kappa shape index (κ1) is 34.6. The van der Waals surface area contributed by atoms with Gasteiger partial charge in [-0.15, -0.1) is 0 Å². The Kier molecular flexibility index (Phi) is 9.14. The van der Waals surface area contributed by atoms with Crippen molar-refractivity contribution < 1.29 is 0 Å². The average molecular weight is 742 g/mol.